The normalized spacial score (nSPS) is 10.5. The number of nitriles is 1. The van der Waals surface area contributed by atoms with Crippen LogP contribution in [0, 0.1) is 11.3 Å². The Morgan fingerprint density at radius 3 is 2.76 bits per heavy atom. The number of alkyl halides is 2. The summed E-state index contributed by atoms with van der Waals surface area (Å²) in [6.07, 6.45) is 1.83. The van der Waals surface area contributed by atoms with E-state index in [0.717, 1.165) is 5.56 Å². The highest BCUT2D eigenvalue weighted by atomic mass is 35.5. The molecule has 1 aromatic heterocycles. The van der Waals surface area contributed by atoms with Crippen LogP contribution in [0.15, 0.2) is 30.5 Å². The first-order valence-corrected chi connectivity index (χ1v) is 6.41. The zero-order valence-electron chi connectivity index (χ0n) is 11.1. The fraction of sp³-hybridized carbons (Fsp3) is 0.214. The molecule has 0 spiro atoms. The molecule has 110 valence electrons. The number of nitrogens with zero attached hydrogens (tertiary/aromatic N) is 2. The minimum atomic E-state index is -2.91. The predicted molar refractivity (Wildman–Crippen MR) is 75.5 cm³/mol. The zero-order chi connectivity index (χ0) is 15.4. The number of anilines is 1. The molecule has 0 aliphatic carbocycles. The van der Waals surface area contributed by atoms with Crippen molar-refractivity contribution in [1.82, 2.24) is 4.57 Å². The van der Waals surface area contributed by atoms with Crippen molar-refractivity contribution in [3.05, 3.63) is 46.7 Å². The lowest BCUT2D eigenvalue weighted by molar-refractivity contribution is -0.0497. The van der Waals surface area contributed by atoms with Crippen LogP contribution in [0.4, 0.5) is 14.5 Å². The zero-order valence-corrected chi connectivity index (χ0v) is 11.9. The van der Waals surface area contributed by atoms with Gasteiger partial charge in [0.2, 0.25) is 0 Å². The van der Waals surface area contributed by atoms with Crippen molar-refractivity contribution in [3.8, 4) is 11.8 Å². The van der Waals surface area contributed by atoms with E-state index < -0.39 is 6.61 Å². The maximum atomic E-state index is 12.1. The molecule has 0 radical (unpaired) electrons. The number of hydrogen-bond donors (Lipinski definition) is 1. The van der Waals surface area contributed by atoms with E-state index in [2.05, 4.69) is 16.1 Å². The Morgan fingerprint density at radius 1 is 1.43 bits per heavy atom. The van der Waals surface area contributed by atoms with Crippen LogP contribution in [-0.2, 0) is 13.6 Å². The summed E-state index contributed by atoms with van der Waals surface area (Å²) in [5.41, 5.74) is 2.16. The minimum Gasteiger partial charge on any atom is -0.433 e. The number of aromatic nitrogens is 1. The maximum Gasteiger partial charge on any atom is 0.387 e. The first-order chi connectivity index (χ1) is 9.99. The number of halogens is 3. The summed E-state index contributed by atoms with van der Waals surface area (Å²) in [5, 5.41) is 12.1. The van der Waals surface area contributed by atoms with E-state index in [-0.39, 0.29) is 10.8 Å². The smallest absolute Gasteiger partial charge is 0.387 e. The van der Waals surface area contributed by atoms with E-state index in [0.29, 0.717) is 17.9 Å². The van der Waals surface area contributed by atoms with Gasteiger partial charge in [0.15, 0.2) is 0 Å². The third kappa shape index (κ3) is 3.86. The number of hydrogen-bond acceptors (Lipinski definition) is 3. The first-order valence-electron chi connectivity index (χ1n) is 6.03. The van der Waals surface area contributed by atoms with Gasteiger partial charge in [0.25, 0.3) is 0 Å². The average molecular weight is 312 g/mol. The Kier molecular flexibility index (Phi) is 4.66. The Bertz CT molecular complexity index is 679. The average Bonchev–Trinajstić information content (AvgIpc) is 2.79. The van der Waals surface area contributed by atoms with E-state index in [9.17, 15) is 8.78 Å². The van der Waals surface area contributed by atoms with E-state index in [1.54, 1.807) is 23.7 Å². The number of ether oxygens (including phenoxy) is 1. The number of benzene rings is 1. The van der Waals surface area contributed by atoms with Crippen LogP contribution in [-0.4, -0.2) is 11.2 Å². The summed E-state index contributed by atoms with van der Waals surface area (Å²) in [6.45, 7) is -2.42. The molecule has 2 aromatic rings. The summed E-state index contributed by atoms with van der Waals surface area (Å²) in [4.78, 5) is 0. The topological polar surface area (TPSA) is 50.0 Å². The molecule has 0 aliphatic heterocycles. The van der Waals surface area contributed by atoms with Gasteiger partial charge in [-0.3, -0.25) is 0 Å². The van der Waals surface area contributed by atoms with Gasteiger partial charge < -0.3 is 14.6 Å². The van der Waals surface area contributed by atoms with E-state index in [4.69, 9.17) is 16.9 Å². The van der Waals surface area contributed by atoms with Crippen LogP contribution >= 0.6 is 11.6 Å². The Labute approximate surface area is 125 Å². The molecule has 1 aromatic carbocycles. The summed E-state index contributed by atoms with van der Waals surface area (Å²) >= 11 is 5.86. The Hall–Kier alpha value is -2.26. The van der Waals surface area contributed by atoms with Gasteiger partial charge in [-0.25, -0.2) is 0 Å². The largest absolute Gasteiger partial charge is 0.433 e. The molecule has 0 unspecified atom stereocenters. The lowest BCUT2D eigenvalue weighted by Gasteiger charge is -2.09. The van der Waals surface area contributed by atoms with Crippen molar-refractivity contribution >= 4 is 17.3 Å². The second-order valence-electron chi connectivity index (χ2n) is 4.33. The van der Waals surface area contributed by atoms with Crippen molar-refractivity contribution in [3.63, 3.8) is 0 Å². The van der Waals surface area contributed by atoms with Crippen LogP contribution in [0.5, 0.6) is 5.75 Å². The summed E-state index contributed by atoms with van der Waals surface area (Å²) < 4.78 is 30.2. The first kappa shape index (κ1) is 15.1. The second kappa shape index (κ2) is 6.46. The van der Waals surface area contributed by atoms with Crippen LogP contribution in [0.1, 0.15) is 11.3 Å². The molecule has 0 amide bonds. The van der Waals surface area contributed by atoms with Gasteiger partial charge in [0.1, 0.15) is 17.5 Å². The molecule has 0 aliphatic rings. The molecule has 4 nitrogen and oxygen atoms in total. The SMILES string of the molecule is Cn1cc(CNc2ccc(OC(F)F)c(Cl)c2)cc1C#N. The van der Waals surface area contributed by atoms with Crippen molar-refractivity contribution in [2.45, 2.75) is 13.2 Å². The fourth-order valence-corrected chi connectivity index (χ4v) is 2.07. The fourth-order valence-electron chi connectivity index (χ4n) is 1.85. The second-order valence-corrected chi connectivity index (χ2v) is 4.74. The Morgan fingerprint density at radius 2 is 2.19 bits per heavy atom. The van der Waals surface area contributed by atoms with Gasteiger partial charge in [0, 0.05) is 25.5 Å². The lowest BCUT2D eigenvalue weighted by Crippen LogP contribution is -2.03. The van der Waals surface area contributed by atoms with Crippen LogP contribution in [0.25, 0.3) is 0 Å². The number of aryl methyl sites for hydroxylation is 1. The van der Waals surface area contributed by atoms with E-state index >= 15 is 0 Å². The van der Waals surface area contributed by atoms with Gasteiger partial charge in [-0.15, -0.1) is 0 Å². The number of rotatable bonds is 5. The van der Waals surface area contributed by atoms with Crippen LogP contribution in [0.2, 0.25) is 5.02 Å². The molecule has 1 N–H and O–H groups in total. The molecule has 2 rings (SSSR count). The highest BCUT2D eigenvalue weighted by Crippen LogP contribution is 2.29. The van der Waals surface area contributed by atoms with E-state index in [1.165, 1.54) is 12.1 Å². The maximum absolute atomic E-state index is 12.1. The molecule has 0 fully saturated rings. The van der Waals surface area contributed by atoms with Gasteiger partial charge >= 0.3 is 6.61 Å². The molecule has 7 heteroatoms. The third-order valence-electron chi connectivity index (χ3n) is 2.82. The predicted octanol–water partition coefficient (Wildman–Crippen LogP) is 3.76. The lowest BCUT2D eigenvalue weighted by atomic mass is 10.2. The molecule has 21 heavy (non-hydrogen) atoms. The molecule has 0 saturated heterocycles. The van der Waals surface area contributed by atoms with Crippen molar-refractivity contribution in [2.75, 3.05) is 5.32 Å². The van der Waals surface area contributed by atoms with Crippen LogP contribution < -0.4 is 10.1 Å². The van der Waals surface area contributed by atoms with Crippen LogP contribution in [0.3, 0.4) is 0 Å². The molecule has 0 saturated carbocycles. The van der Waals surface area contributed by atoms with Gasteiger partial charge in [0.05, 0.1) is 5.02 Å². The monoisotopic (exact) mass is 311 g/mol. The molecule has 1 heterocycles. The standard InChI is InChI=1S/C14H12ClF2N3O/c1-20-8-9(4-11(20)6-18)7-19-10-2-3-13(12(15)5-10)21-14(16)17/h2-5,8,14,19H,7H2,1H3. The highest BCUT2D eigenvalue weighted by molar-refractivity contribution is 6.32. The summed E-state index contributed by atoms with van der Waals surface area (Å²) in [7, 11) is 1.79. The van der Waals surface area contributed by atoms with Crippen molar-refractivity contribution in [1.29, 1.82) is 5.26 Å². The summed E-state index contributed by atoms with van der Waals surface area (Å²) in [6, 6.07) is 8.32. The van der Waals surface area contributed by atoms with Gasteiger partial charge in [-0.05, 0) is 29.8 Å². The summed E-state index contributed by atoms with van der Waals surface area (Å²) in [5.74, 6) is -0.0660. The molecule has 0 bridgehead atoms. The van der Waals surface area contributed by atoms with Crippen molar-refractivity contribution in [2.24, 2.45) is 7.05 Å². The van der Waals surface area contributed by atoms with E-state index in [1.807, 2.05) is 6.20 Å². The molecular weight excluding hydrogens is 300 g/mol. The van der Waals surface area contributed by atoms with Gasteiger partial charge in [-0.2, -0.15) is 14.0 Å². The minimum absolute atomic E-state index is 0.0660. The van der Waals surface area contributed by atoms with Crippen molar-refractivity contribution < 1.29 is 13.5 Å². The third-order valence-corrected chi connectivity index (χ3v) is 3.12. The number of nitrogens with one attached hydrogen (secondary N) is 1. The molecule has 0 atom stereocenters. The molecular formula is C14H12ClF2N3O. The Balaban J connectivity index is 2.03. The van der Waals surface area contributed by atoms with Gasteiger partial charge in [-0.1, -0.05) is 11.6 Å². The highest BCUT2D eigenvalue weighted by Gasteiger charge is 2.09. The quantitative estimate of drug-likeness (QED) is 0.914.